The van der Waals surface area contributed by atoms with Crippen molar-refractivity contribution in [3.05, 3.63) is 47.3 Å². The summed E-state index contributed by atoms with van der Waals surface area (Å²) in [5.74, 6) is -0.813. The minimum Gasteiger partial charge on any atom is -0.481 e. The van der Waals surface area contributed by atoms with Gasteiger partial charge in [0.25, 0.3) is 0 Å². The molecule has 1 aliphatic heterocycles. The van der Waals surface area contributed by atoms with Gasteiger partial charge in [-0.05, 0) is 28.6 Å². The Morgan fingerprint density at radius 1 is 1.24 bits per heavy atom. The summed E-state index contributed by atoms with van der Waals surface area (Å²) in [6.45, 7) is 0. The van der Waals surface area contributed by atoms with Crippen molar-refractivity contribution in [3.8, 4) is 10.4 Å². The van der Waals surface area contributed by atoms with Gasteiger partial charge in [0, 0.05) is 11.3 Å². The molecule has 0 radical (unpaired) electrons. The van der Waals surface area contributed by atoms with Crippen molar-refractivity contribution < 1.29 is 9.90 Å². The van der Waals surface area contributed by atoms with Crippen molar-refractivity contribution in [1.82, 2.24) is 0 Å². The number of benzene rings is 1. The number of carbonyl (C=O) groups is 1. The van der Waals surface area contributed by atoms with E-state index in [0.29, 0.717) is 6.42 Å². The normalized spacial score (nSPS) is 13.9. The molecule has 1 aromatic heterocycles. The molecule has 0 saturated heterocycles. The van der Waals surface area contributed by atoms with E-state index in [0.717, 1.165) is 21.9 Å². The van der Waals surface area contributed by atoms with E-state index in [1.165, 1.54) is 16.6 Å². The third kappa shape index (κ3) is 3.40. The highest BCUT2D eigenvalue weighted by atomic mass is 32.2. The maximum absolute atomic E-state index is 10.6. The SMILES string of the molecule is O=C(O)CSC1=NN=C(c2cccc(-c3cccs3)c2)C1. The van der Waals surface area contributed by atoms with Gasteiger partial charge in [0.05, 0.1) is 11.5 Å². The fourth-order valence-corrected chi connectivity index (χ4v) is 3.36. The third-order valence-electron chi connectivity index (χ3n) is 2.96. The van der Waals surface area contributed by atoms with Crippen molar-refractivity contribution in [2.45, 2.75) is 6.42 Å². The Bertz CT molecular complexity index is 721. The molecule has 0 atom stereocenters. The van der Waals surface area contributed by atoms with Crippen LogP contribution >= 0.6 is 23.1 Å². The molecule has 2 aromatic rings. The molecule has 0 saturated carbocycles. The third-order valence-corrected chi connectivity index (χ3v) is 4.83. The van der Waals surface area contributed by atoms with Gasteiger partial charge in [-0.25, -0.2) is 0 Å². The maximum Gasteiger partial charge on any atom is 0.313 e. The number of thioether (sulfide) groups is 1. The number of hydrogen-bond donors (Lipinski definition) is 1. The lowest BCUT2D eigenvalue weighted by Crippen LogP contribution is -2.05. The summed E-state index contributed by atoms with van der Waals surface area (Å²) in [6, 6.07) is 12.3. The average molecular weight is 316 g/mol. The summed E-state index contributed by atoms with van der Waals surface area (Å²) in [5.41, 5.74) is 3.09. The fraction of sp³-hybridized carbons (Fsp3) is 0.133. The number of nitrogens with zero attached hydrogens (tertiary/aromatic N) is 2. The molecule has 21 heavy (non-hydrogen) atoms. The van der Waals surface area contributed by atoms with Gasteiger partial charge in [-0.15, -0.1) is 16.4 Å². The smallest absolute Gasteiger partial charge is 0.313 e. The summed E-state index contributed by atoms with van der Waals surface area (Å²) in [7, 11) is 0. The van der Waals surface area contributed by atoms with Crippen LogP contribution < -0.4 is 0 Å². The fourth-order valence-electron chi connectivity index (χ4n) is 2.01. The minimum absolute atomic E-state index is 0.0247. The van der Waals surface area contributed by atoms with Crippen LogP contribution in [0.5, 0.6) is 0 Å². The van der Waals surface area contributed by atoms with Crippen LogP contribution in [-0.4, -0.2) is 27.6 Å². The van der Waals surface area contributed by atoms with Gasteiger partial charge >= 0.3 is 5.97 Å². The van der Waals surface area contributed by atoms with Crippen molar-refractivity contribution >= 4 is 39.8 Å². The molecule has 3 rings (SSSR count). The first-order valence-corrected chi connectivity index (χ1v) is 8.21. The maximum atomic E-state index is 10.6. The highest BCUT2D eigenvalue weighted by Gasteiger charge is 2.16. The van der Waals surface area contributed by atoms with E-state index in [-0.39, 0.29) is 5.75 Å². The van der Waals surface area contributed by atoms with Gasteiger partial charge in [0.15, 0.2) is 0 Å². The van der Waals surface area contributed by atoms with Crippen molar-refractivity contribution in [2.75, 3.05) is 5.75 Å². The highest BCUT2D eigenvalue weighted by molar-refractivity contribution is 8.14. The molecule has 106 valence electrons. The minimum atomic E-state index is -0.837. The first-order chi connectivity index (χ1) is 10.2. The van der Waals surface area contributed by atoms with Crippen LogP contribution in [0.2, 0.25) is 0 Å². The van der Waals surface area contributed by atoms with Gasteiger partial charge < -0.3 is 5.11 Å². The monoisotopic (exact) mass is 316 g/mol. The van der Waals surface area contributed by atoms with Gasteiger partial charge in [-0.3, -0.25) is 4.79 Å². The summed E-state index contributed by atoms with van der Waals surface area (Å²) in [6.07, 6.45) is 0.603. The topological polar surface area (TPSA) is 62.0 Å². The van der Waals surface area contributed by atoms with Crippen molar-refractivity contribution in [2.24, 2.45) is 10.2 Å². The van der Waals surface area contributed by atoms with Gasteiger partial charge in [-0.1, -0.05) is 36.0 Å². The second-order valence-electron chi connectivity index (χ2n) is 4.46. The number of carboxylic acid groups (broad SMARTS) is 1. The zero-order chi connectivity index (χ0) is 14.7. The number of carboxylic acids is 1. The molecule has 6 heteroatoms. The van der Waals surface area contributed by atoms with Crippen LogP contribution in [0.4, 0.5) is 0 Å². The molecule has 0 aliphatic carbocycles. The lowest BCUT2D eigenvalue weighted by atomic mass is 10.0. The van der Waals surface area contributed by atoms with Gasteiger partial charge in [0.2, 0.25) is 0 Å². The lowest BCUT2D eigenvalue weighted by molar-refractivity contribution is -0.133. The summed E-state index contributed by atoms with van der Waals surface area (Å²) >= 11 is 2.93. The van der Waals surface area contributed by atoms with Crippen LogP contribution in [0.3, 0.4) is 0 Å². The quantitative estimate of drug-likeness (QED) is 0.934. The molecule has 0 amide bonds. The Balaban J connectivity index is 1.72. The number of aliphatic carboxylic acids is 1. The Morgan fingerprint density at radius 3 is 2.86 bits per heavy atom. The van der Waals surface area contributed by atoms with E-state index >= 15 is 0 Å². The molecule has 0 unspecified atom stereocenters. The molecule has 1 N–H and O–H groups in total. The van der Waals surface area contributed by atoms with Crippen LogP contribution in [0.1, 0.15) is 12.0 Å². The van der Waals surface area contributed by atoms with Crippen LogP contribution in [0.15, 0.2) is 52.0 Å². The lowest BCUT2D eigenvalue weighted by Gasteiger charge is -2.03. The number of rotatable bonds is 4. The second-order valence-corrected chi connectivity index (χ2v) is 6.45. The van der Waals surface area contributed by atoms with Crippen molar-refractivity contribution in [1.29, 1.82) is 0 Å². The van der Waals surface area contributed by atoms with Crippen LogP contribution in [-0.2, 0) is 4.79 Å². The number of thiophene rings is 1. The van der Waals surface area contributed by atoms with Crippen LogP contribution in [0.25, 0.3) is 10.4 Å². The summed E-state index contributed by atoms with van der Waals surface area (Å²) < 4.78 is 0. The molecule has 4 nitrogen and oxygen atoms in total. The van der Waals surface area contributed by atoms with Crippen LogP contribution in [0, 0.1) is 0 Å². The van der Waals surface area contributed by atoms with Gasteiger partial charge in [-0.2, -0.15) is 5.10 Å². The molecule has 0 fully saturated rings. The zero-order valence-electron chi connectivity index (χ0n) is 11.0. The predicted octanol–water partition coefficient (Wildman–Crippen LogP) is 3.74. The predicted molar refractivity (Wildman–Crippen MR) is 88.4 cm³/mol. The first-order valence-electron chi connectivity index (χ1n) is 6.34. The standard InChI is InChI=1S/C15H12N2O2S2/c18-15(19)9-21-14-8-12(16-17-14)10-3-1-4-11(7-10)13-5-2-6-20-13/h1-7H,8-9H2,(H,18,19). The largest absolute Gasteiger partial charge is 0.481 e. The molecular weight excluding hydrogens is 304 g/mol. The Kier molecular flexibility index (Phi) is 4.17. The molecular formula is C15H12N2O2S2. The molecule has 0 spiro atoms. The second kappa shape index (κ2) is 6.24. The van der Waals surface area contributed by atoms with E-state index in [1.54, 1.807) is 11.3 Å². The van der Waals surface area contributed by atoms with E-state index in [1.807, 2.05) is 18.2 Å². The van der Waals surface area contributed by atoms with E-state index in [9.17, 15) is 4.79 Å². The van der Waals surface area contributed by atoms with Crippen molar-refractivity contribution in [3.63, 3.8) is 0 Å². The van der Waals surface area contributed by atoms with E-state index in [4.69, 9.17) is 5.11 Å². The molecule has 2 heterocycles. The molecule has 0 bridgehead atoms. The number of hydrogen-bond acceptors (Lipinski definition) is 5. The summed E-state index contributed by atoms with van der Waals surface area (Å²) in [4.78, 5) is 11.8. The summed E-state index contributed by atoms with van der Waals surface area (Å²) in [5, 5.41) is 19.7. The molecule has 1 aliphatic rings. The van der Waals surface area contributed by atoms with E-state index < -0.39 is 5.97 Å². The Morgan fingerprint density at radius 2 is 2.10 bits per heavy atom. The van der Waals surface area contributed by atoms with Gasteiger partial charge in [0.1, 0.15) is 5.04 Å². The van der Waals surface area contributed by atoms with E-state index in [2.05, 4.69) is 33.8 Å². The Labute approximate surface area is 130 Å². The molecule has 1 aromatic carbocycles. The first kappa shape index (κ1) is 14.0. The highest BCUT2D eigenvalue weighted by Crippen LogP contribution is 2.27. The zero-order valence-corrected chi connectivity index (χ0v) is 12.7. The Hall–Kier alpha value is -1.92. The average Bonchev–Trinajstić information content (AvgIpc) is 3.17.